The van der Waals surface area contributed by atoms with Gasteiger partial charge in [-0.15, -0.1) is 11.3 Å². The highest BCUT2D eigenvalue weighted by molar-refractivity contribution is 7.10. The zero-order chi connectivity index (χ0) is 12.7. The van der Waals surface area contributed by atoms with E-state index in [0.717, 1.165) is 42.3 Å². The first-order chi connectivity index (χ1) is 8.65. The van der Waals surface area contributed by atoms with Crippen molar-refractivity contribution in [1.82, 2.24) is 4.98 Å². The van der Waals surface area contributed by atoms with Crippen LogP contribution in [0, 0.1) is 13.8 Å². The summed E-state index contributed by atoms with van der Waals surface area (Å²) in [6.07, 6.45) is 1.12. The van der Waals surface area contributed by atoms with Crippen molar-refractivity contribution in [3.05, 3.63) is 39.2 Å². The molecule has 0 saturated carbocycles. The second kappa shape index (κ2) is 4.28. The molecule has 0 fully saturated rings. The summed E-state index contributed by atoms with van der Waals surface area (Å²) in [6.45, 7) is 6.04. The number of pyridine rings is 1. The molecule has 0 unspecified atom stereocenters. The van der Waals surface area contributed by atoms with E-state index in [1.165, 1.54) is 10.4 Å². The second-order valence-electron chi connectivity index (χ2n) is 4.84. The number of hydrogen-bond acceptors (Lipinski definition) is 4. The minimum Gasteiger partial charge on any atom is -0.397 e. The number of nitrogens with zero attached hydrogens (tertiary/aromatic N) is 2. The van der Waals surface area contributed by atoms with Gasteiger partial charge < -0.3 is 10.6 Å². The molecule has 3 heterocycles. The maximum absolute atomic E-state index is 5.96. The van der Waals surface area contributed by atoms with Gasteiger partial charge in [0.2, 0.25) is 0 Å². The Balaban J connectivity index is 1.93. The molecule has 0 saturated heterocycles. The lowest BCUT2D eigenvalue weighted by molar-refractivity contribution is 0.730. The predicted molar refractivity (Wildman–Crippen MR) is 77.2 cm³/mol. The second-order valence-corrected chi connectivity index (χ2v) is 5.84. The summed E-state index contributed by atoms with van der Waals surface area (Å²) in [4.78, 5) is 8.48. The fourth-order valence-corrected chi connectivity index (χ4v) is 3.32. The molecule has 0 atom stereocenters. The molecule has 94 valence electrons. The first-order valence-electron chi connectivity index (χ1n) is 6.19. The number of nitrogen functional groups attached to an aromatic ring is 1. The Bertz CT molecular complexity index is 565. The van der Waals surface area contributed by atoms with E-state index >= 15 is 0 Å². The van der Waals surface area contributed by atoms with Crippen LogP contribution in [0.4, 0.5) is 11.5 Å². The molecule has 0 spiro atoms. The largest absolute Gasteiger partial charge is 0.397 e. The van der Waals surface area contributed by atoms with Gasteiger partial charge in [-0.3, -0.25) is 0 Å². The van der Waals surface area contributed by atoms with Gasteiger partial charge in [-0.25, -0.2) is 4.98 Å². The molecule has 2 aromatic rings. The van der Waals surface area contributed by atoms with Crippen LogP contribution in [0.3, 0.4) is 0 Å². The molecule has 1 aliphatic rings. The summed E-state index contributed by atoms with van der Waals surface area (Å²) in [5.41, 5.74) is 10.3. The summed E-state index contributed by atoms with van der Waals surface area (Å²) in [7, 11) is 0. The Morgan fingerprint density at radius 1 is 1.39 bits per heavy atom. The normalized spacial score (nSPS) is 14.7. The number of nitrogens with two attached hydrogens (primary N) is 1. The van der Waals surface area contributed by atoms with Gasteiger partial charge in [0.05, 0.1) is 11.4 Å². The SMILES string of the molecule is Cc1cc(N2CCc3sccc3C2)nc(C)c1N. The molecule has 2 aromatic heterocycles. The number of hydrogen-bond donors (Lipinski definition) is 1. The van der Waals surface area contributed by atoms with Crippen molar-refractivity contribution in [2.75, 3.05) is 17.2 Å². The highest BCUT2D eigenvalue weighted by Crippen LogP contribution is 2.28. The molecule has 0 bridgehead atoms. The Morgan fingerprint density at radius 2 is 2.22 bits per heavy atom. The van der Waals surface area contributed by atoms with Crippen LogP contribution in [0.5, 0.6) is 0 Å². The number of fused-ring (bicyclic) bond motifs is 1. The van der Waals surface area contributed by atoms with Crippen molar-refractivity contribution in [3.63, 3.8) is 0 Å². The van der Waals surface area contributed by atoms with Crippen molar-refractivity contribution in [1.29, 1.82) is 0 Å². The molecule has 2 N–H and O–H groups in total. The monoisotopic (exact) mass is 259 g/mol. The third kappa shape index (κ3) is 1.86. The Kier molecular flexibility index (Phi) is 2.74. The molecule has 3 rings (SSSR count). The first-order valence-corrected chi connectivity index (χ1v) is 7.07. The van der Waals surface area contributed by atoms with E-state index in [1.54, 1.807) is 0 Å². The van der Waals surface area contributed by atoms with Crippen LogP contribution >= 0.6 is 11.3 Å². The lowest BCUT2D eigenvalue weighted by Crippen LogP contribution is -2.30. The van der Waals surface area contributed by atoms with Crippen LogP contribution in [0.2, 0.25) is 0 Å². The molecule has 1 aliphatic heterocycles. The fourth-order valence-electron chi connectivity index (χ4n) is 2.43. The molecule has 0 radical (unpaired) electrons. The average Bonchev–Trinajstić information content (AvgIpc) is 2.82. The molecule has 0 amide bonds. The fraction of sp³-hybridized carbons (Fsp3) is 0.357. The van der Waals surface area contributed by atoms with Gasteiger partial charge in [0.1, 0.15) is 5.82 Å². The quantitative estimate of drug-likeness (QED) is 0.856. The van der Waals surface area contributed by atoms with Crippen LogP contribution < -0.4 is 10.6 Å². The van der Waals surface area contributed by atoms with Crippen molar-refractivity contribution >= 4 is 22.8 Å². The van der Waals surface area contributed by atoms with Crippen LogP contribution in [0.15, 0.2) is 17.5 Å². The van der Waals surface area contributed by atoms with E-state index in [1.807, 2.05) is 25.2 Å². The highest BCUT2D eigenvalue weighted by Gasteiger charge is 2.19. The summed E-state index contributed by atoms with van der Waals surface area (Å²) < 4.78 is 0. The van der Waals surface area contributed by atoms with Crippen molar-refractivity contribution in [2.24, 2.45) is 0 Å². The average molecular weight is 259 g/mol. The predicted octanol–water partition coefficient (Wildman–Crippen LogP) is 2.90. The molecule has 18 heavy (non-hydrogen) atoms. The van der Waals surface area contributed by atoms with Crippen LogP contribution in [0.1, 0.15) is 21.7 Å². The summed E-state index contributed by atoms with van der Waals surface area (Å²) in [5, 5.41) is 2.18. The zero-order valence-corrected chi connectivity index (χ0v) is 11.5. The Hall–Kier alpha value is -1.55. The molecular weight excluding hydrogens is 242 g/mol. The number of rotatable bonds is 1. The van der Waals surface area contributed by atoms with Gasteiger partial charge in [-0.05, 0) is 48.9 Å². The lowest BCUT2D eigenvalue weighted by atomic mass is 10.1. The minimum atomic E-state index is 0.812. The Morgan fingerprint density at radius 3 is 3.00 bits per heavy atom. The number of aromatic nitrogens is 1. The lowest BCUT2D eigenvalue weighted by Gasteiger charge is -2.28. The van der Waals surface area contributed by atoms with Crippen molar-refractivity contribution in [3.8, 4) is 0 Å². The summed E-state index contributed by atoms with van der Waals surface area (Å²) in [6, 6.07) is 4.32. The van der Waals surface area contributed by atoms with E-state index in [4.69, 9.17) is 5.73 Å². The van der Waals surface area contributed by atoms with Gasteiger partial charge in [0.15, 0.2) is 0 Å². The van der Waals surface area contributed by atoms with E-state index in [9.17, 15) is 0 Å². The van der Waals surface area contributed by atoms with Gasteiger partial charge >= 0.3 is 0 Å². The molecule has 3 nitrogen and oxygen atoms in total. The van der Waals surface area contributed by atoms with Gasteiger partial charge in [-0.2, -0.15) is 0 Å². The standard InChI is InChI=1S/C14H17N3S/c1-9-7-13(16-10(2)14(9)15)17-5-3-12-11(8-17)4-6-18-12/h4,6-7H,3,5,8,15H2,1-2H3. The third-order valence-electron chi connectivity index (χ3n) is 3.57. The van der Waals surface area contributed by atoms with E-state index in [0.29, 0.717) is 0 Å². The minimum absolute atomic E-state index is 0.812. The number of anilines is 2. The summed E-state index contributed by atoms with van der Waals surface area (Å²) in [5.74, 6) is 1.05. The number of thiophene rings is 1. The first kappa shape index (κ1) is 11.5. The molecule has 0 aliphatic carbocycles. The molecule has 0 aromatic carbocycles. The van der Waals surface area contributed by atoms with E-state index in [-0.39, 0.29) is 0 Å². The maximum atomic E-state index is 5.96. The van der Waals surface area contributed by atoms with Gasteiger partial charge in [0.25, 0.3) is 0 Å². The highest BCUT2D eigenvalue weighted by atomic mass is 32.1. The number of aryl methyl sites for hydroxylation is 2. The third-order valence-corrected chi connectivity index (χ3v) is 4.60. The van der Waals surface area contributed by atoms with E-state index in [2.05, 4.69) is 27.4 Å². The van der Waals surface area contributed by atoms with Gasteiger partial charge in [-0.1, -0.05) is 0 Å². The smallest absolute Gasteiger partial charge is 0.129 e. The Labute approximate surface area is 111 Å². The van der Waals surface area contributed by atoms with Gasteiger partial charge in [0, 0.05) is 18.0 Å². The van der Waals surface area contributed by atoms with E-state index < -0.39 is 0 Å². The maximum Gasteiger partial charge on any atom is 0.129 e. The van der Waals surface area contributed by atoms with Crippen LogP contribution in [-0.2, 0) is 13.0 Å². The van der Waals surface area contributed by atoms with Crippen LogP contribution in [0.25, 0.3) is 0 Å². The molecular formula is C14H17N3S. The van der Waals surface area contributed by atoms with Crippen LogP contribution in [-0.4, -0.2) is 11.5 Å². The topological polar surface area (TPSA) is 42.2 Å². The van der Waals surface area contributed by atoms with Crippen molar-refractivity contribution < 1.29 is 0 Å². The molecule has 4 heteroatoms. The summed E-state index contributed by atoms with van der Waals surface area (Å²) >= 11 is 1.86. The zero-order valence-electron chi connectivity index (χ0n) is 10.7. The van der Waals surface area contributed by atoms with Crippen molar-refractivity contribution in [2.45, 2.75) is 26.8 Å².